The van der Waals surface area contributed by atoms with E-state index in [-0.39, 0.29) is 30.8 Å². The van der Waals surface area contributed by atoms with Crippen LogP contribution in [0.3, 0.4) is 0 Å². The molecule has 1 fully saturated rings. The first-order valence-electron chi connectivity index (χ1n) is 7.89. The van der Waals surface area contributed by atoms with Crippen LogP contribution in [0.2, 0.25) is 0 Å². The van der Waals surface area contributed by atoms with Crippen molar-refractivity contribution in [2.24, 2.45) is 0 Å². The minimum atomic E-state index is -0.552. The number of ether oxygens (including phenoxy) is 1. The molecule has 0 atom stereocenters. The minimum absolute atomic E-state index is 0.0675. The second kappa shape index (κ2) is 8.55. The fourth-order valence-corrected chi connectivity index (χ4v) is 2.27. The number of rotatable bonds is 5. The number of nitrogens with one attached hydrogen (secondary N) is 2. The monoisotopic (exact) mass is 325 g/mol. The number of likely N-dealkylation sites (tertiary alicyclic amines) is 1. The van der Waals surface area contributed by atoms with Gasteiger partial charge in [0.2, 0.25) is 11.8 Å². The molecule has 0 aromatic heterocycles. The first-order valence-corrected chi connectivity index (χ1v) is 7.89. The van der Waals surface area contributed by atoms with Crippen molar-refractivity contribution in [2.75, 3.05) is 19.6 Å². The highest BCUT2D eigenvalue weighted by molar-refractivity contribution is 5.87. The van der Waals surface area contributed by atoms with E-state index in [1.807, 2.05) is 0 Å². The summed E-state index contributed by atoms with van der Waals surface area (Å²) in [6.45, 7) is 10.3. The van der Waals surface area contributed by atoms with Gasteiger partial charge in [-0.2, -0.15) is 0 Å². The Morgan fingerprint density at radius 3 is 2.39 bits per heavy atom. The summed E-state index contributed by atoms with van der Waals surface area (Å²) in [6.07, 6.45) is 2.43. The van der Waals surface area contributed by atoms with Gasteiger partial charge in [-0.15, -0.1) is 0 Å². The lowest BCUT2D eigenvalue weighted by Crippen LogP contribution is -2.46. The molecule has 7 nitrogen and oxygen atoms in total. The van der Waals surface area contributed by atoms with Crippen LogP contribution in [0.1, 0.15) is 40.0 Å². The highest BCUT2D eigenvalue weighted by Crippen LogP contribution is 2.11. The van der Waals surface area contributed by atoms with Gasteiger partial charge in [0.25, 0.3) is 0 Å². The third-order valence-electron chi connectivity index (χ3n) is 3.37. The maximum Gasteiger partial charge on any atom is 0.407 e. The van der Waals surface area contributed by atoms with Crippen LogP contribution >= 0.6 is 0 Å². The fraction of sp³-hybridized carbons (Fsp3) is 0.688. The zero-order valence-electron chi connectivity index (χ0n) is 14.2. The van der Waals surface area contributed by atoms with Crippen LogP contribution in [0.4, 0.5) is 4.79 Å². The van der Waals surface area contributed by atoms with Crippen molar-refractivity contribution in [1.82, 2.24) is 15.5 Å². The van der Waals surface area contributed by atoms with E-state index in [1.54, 1.807) is 25.7 Å². The van der Waals surface area contributed by atoms with Gasteiger partial charge in [0, 0.05) is 32.1 Å². The predicted molar refractivity (Wildman–Crippen MR) is 86.8 cm³/mol. The normalized spacial score (nSPS) is 15.7. The Hall–Kier alpha value is -2.05. The first kappa shape index (κ1) is 19.0. The first-order chi connectivity index (χ1) is 10.7. The molecule has 0 aromatic carbocycles. The van der Waals surface area contributed by atoms with Gasteiger partial charge in [-0.3, -0.25) is 9.59 Å². The fourth-order valence-electron chi connectivity index (χ4n) is 2.27. The topological polar surface area (TPSA) is 87.7 Å². The Labute approximate surface area is 137 Å². The van der Waals surface area contributed by atoms with Crippen LogP contribution in [-0.4, -0.2) is 54.1 Å². The number of alkyl carbamates (subject to hydrolysis) is 1. The summed E-state index contributed by atoms with van der Waals surface area (Å²) in [7, 11) is 0. The minimum Gasteiger partial charge on any atom is -0.444 e. The molecule has 3 amide bonds. The molecular formula is C16H27N3O4. The molecule has 0 aromatic rings. The molecule has 0 saturated carbocycles. The van der Waals surface area contributed by atoms with E-state index >= 15 is 0 Å². The summed E-state index contributed by atoms with van der Waals surface area (Å²) >= 11 is 0. The molecule has 7 heteroatoms. The Morgan fingerprint density at radius 2 is 1.87 bits per heavy atom. The second-order valence-corrected chi connectivity index (χ2v) is 6.55. The molecule has 1 heterocycles. The largest absolute Gasteiger partial charge is 0.444 e. The van der Waals surface area contributed by atoms with Crippen LogP contribution in [0.25, 0.3) is 0 Å². The van der Waals surface area contributed by atoms with Gasteiger partial charge in [0.05, 0.1) is 0 Å². The smallest absolute Gasteiger partial charge is 0.407 e. The van der Waals surface area contributed by atoms with Crippen molar-refractivity contribution in [3.8, 4) is 0 Å². The molecule has 2 N–H and O–H groups in total. The quantitative estimate of drug-likeness (QED) is 0.743. The lowest BCUT2D eigenvalue weighted by atomic mass is 10.0. The Morgan fingerprint density at radius 1 is 1.26 bits per heavy atom. The number of piperidine rings is 1. The van der Waals surface area contributed by atoms with Gasteiger partial charge in [0.1, 0.15) is 5.60 Å². The Balaban J connectivity index is 2.19. The summed E-state index contributed by atoms with van der Waals surface area (Å²) in [6, 6.07) is 0.0675. The number of hydrogen-bond acceptors (Lipinski definition) is 4. The van der Waals surface area contributed by atoms with Gasteiger partial charge in [0.15, 0.2) is 0 Å². The van der Waals surface area contributed by atoms with Gasteiger partial charge in [-0.1, -0.05) is 6.58 Å². The average molecular weight is 325 g/mol. The number of carbonyl (C=O) groups is 3. The zero-order chi connectivity index (χ0) is 17.5. The number of hydrogen-bond donors (Lipinski definition) is 2. The highest BCUT2D eigenvalue weighted by atomic mass is 16.6. The predicted octanol–water partition coefficient (Wildman–Crippen LogP) is 1.19. The van der Waals surface area contributed by atoms with Crippen molar-refractivity contribution in [3.05, 3.63) is 12.7 Å². The van der Waals surface area contributed by atoms with Gasteiger partial charge in [-0.25, -0.2) is 4.79 Å². The molecule has 23 heavy (non-hydrogen) atoms. The number of amides is 3. The van der Waals surface area contributed by atoms with E-state index in [4.69, 9.17) is 4.74 Å². The van der Waals surface area contributed by atoms with Crippen molar-refractivity contribution < 1.29 is 19.1 Å². The summed E-state index contributed by atoms with van der Waals surface area (Å²) in [4.78, 5) is 36.5. The van der Waals surface area contributed by atoms with Crippen LogP contribution in [0, 0.1) is 0 Å². The van der Waals surface area contributed by atoms with Gasteiger partial charge < -0.3 is 20.3 Å². The van der Waals surface area contributed by atoms with Crippen LogP contribution < -0.4 is 10.6 Å². The van der Waals surface area contributed by atoms with E-state index < -0.39 is 11.7 Å². The molecule has 0 radical (unpaired) electrons. The van der Waals surface area contributed by atoms with Crippen LogP contribution in [0.15, 0.2) is 12.7 Å². The molecule has 0 aliphatic carbocycles. The molecule has 1 rings (SSSR count). The van der Waals surface area contributed by atoms with Crippen molar-refractivity contribution in [2.45, 2.75) is 51.7 Å². The molecule has 1 aliphatic heterocycles. The Bertz CT molecular complexity index is 449. The zero-order valence-corrected chi connectivity index (χ0v) is 14.2. The maximum atomic E-state index is 11.8. The van der Waals surface area contributed by atoms with Crippen molar-refractivity contribution >= 4 is 17.9 Å². The van der Waals surface area contributed by atoms with E-state index in [0.29, 0.717) is 13.1 Å². The van der Waals surface area contributed by atoms with E-state index in [0.717, 1.165) is 12.8 Å². The van der Waals surface area contributed by atoms with Crippen molar-refractivity contribution in [3.63, 3.8) is 0 Å². The molecule has 1 saturated heterocycles. The summed E-state index contributed by atoms with van der Waals surface area (Å²) in [5.74, 6) is -0.189. The van der Waals surface area contributed by atoms with Crippen molar-refractivity contribution in [1.29, 1.82) is 0 Å². The summed E-state index contributed by atoms with van der Waals surface area (Å²) in [5, 5.41) is 5.47. The molecule has 0 bridgehead atoms. The third kappa shape index (κ3) is 7.67. The standard InChI is InChI=1S/C16H27N3O4/c1-5-14(21)19-10-7-12(8-11-19)18-13(20)6-9-17-15(22)23-16(2,3)4/h5,12H,1,6-11H2,2-4H3,(H,17,22)(H,18,20). The SMILES string of the molecule is C=CC(=O)N1CCC(NC(=O)CCNC(=O)OC(C)(C)C)CC1. The Kier molecular flexibility index (Phi) is 7.06. The number of nitrogens with zero attached hydrogens (tertiary/aromatic N) is 1. The van der Waals surface area contributed by atoms with Gasteiger partial charge in [-0.05, 0) is 39.7 Å². The van der Waals surface area contributed by atoms with Gasteiger partial charge >= 0.3 is 6.09 Å². The van der Waals surface area contributed by atoms with E-state index in [9.17, 15) is 14.4 Å². The lowest BCUT2D eigenvalue weighted by Gasteiger charge is -2.31. The van der Waals surface area contributed by atoms with E-state index in [1.165, 1.54) is 6.08 Å². The van der Waals surface area contributed by atoms with Crippen LogP contribution in [0.5, 0.6) is 0 Å². The molecule has 0 spiro atoms. The second-order valence-electron chi connectivity index (χ2n) is 6.55. The third-order valence-corrected chi connectivity index (χ3v) is 3.37. The number of carbonyl (C=O) groups excluding carboxylic acids is 3. The molecule has 0 unspecified atom stereocenters. The average Bonchev–Trinajstić information content (AvgIpc) is 2.45. The summed E-state index contributed by atoms with van der Waals surface area (Å²) in [5.41, 5.74) is -0.552. The lowest BCUT2D eigenvalue weighted by molar-refractivity contribution is -0.127. The van der Waals surface area contributed by atoms with Crippen LogP contribution in [-0.2, 0) is 14.3 Å². The molecular weight excluding hydrogens is 298 g/mol. The maximum absolute atomic E-state index is 11.8. The highest BCUT2D eigenvalue weighted by Gasteiger charge is 2.22. The summed E-state index contributed by atoms with van der Waals surface area (Å²) < 4.78 is 5.09. The van der Waals surface area contributed by atoms with E-state index in [2.05, 4.69) is 17.2 Å². The molecule has 1 aliphatic rings. The molecule has 130 valence electrons.